The molecule has 2 aliphatic carbocycles. The van der Waals surface area contributed by atoms with E-state index in [0.717, 1.165) is 32.1 Å². The number of benzene rings is 1. The molecule has 242 valence electrons. The van der Waals surface area contributed by atoms with Crippen molar-refractivity contribution in [1.82, 2.24) is 10.2 Å². The smallest absolute Gasteiger partial charge is 0.247 e. The van der Waals surface area contributed by atoms with Crippen LogP contribution in [0.15, 0.2) is 23.8 Å². The van der Waals surface area contributed by atoms with Gasteiger partial charge in [-0.2, -0.15) is 0 Å². The first kappa shape index (κ1) is 35.6. The summed E-state index contributed by atoms with van der Waals surface area (Å²) in [4.78, 5) is 28.5. The van der Waals surface area contributed by atoms with Gasteiger partial charge in [0.15, 0.2) is 11.5 Å². The Morgan fingerprint density at radius 3 is 2.33 bits per heavy atom. The summed E-state index contributed by atoms with van der Waals surface area (Å²) in [5, 5.41) is 33.3. The van der Waals surface area contributed by atoms with Gasteiger partial charge in [-0.15, -0.1) is 0 Å². The number of methoxy groups -OCH3 is 1. The maximum absolute atomic E-state index is 13.7. The summed E-state index contributed by atoms with van der Waals surface area (Å²) in [5.74, 6) is 0.861. The fourth-order valence-electron chi connectivity index (χ4n) is 5.63. The van der Waals surface area contributed by atoms with Crippen molar-refractivity contribution in [2.45, 2.75) is 115 Å². The van der Waals surface area contributed by atoms with Gasteiger partial charge < -0.3 is 35.0 Å². The highest BCUT2D eigenvalue weighted by Crippen LogP contribution is 2.38. The van der Waals surface area contributed by atoms with Crippen molar-refractivity contribution in [1.29, 1.82) is 0 Å². The minimum absolute atomic E-state index is 0.00845. The van der Waals surface area contributed by atoms with E-state index in [1.54, 1.807) is 23.1 Å². The van der Waals surface area contributed by atoms with Crippen LogP contribution in [0.25, 0.3) is 0 Å². The molecule has 0 heterocycles. The van der Waals surface area contributed by atoms with E-state index in [1.807, 2.05) is 0 Å². The minimum atomic E-state index is -1.07. The summed E-state index contributed by atoms with van der Waals surface area (Å²) >= 11 is 2.09. The molecule has 1 saturated carbocycles. The number of aliphatic hydroxyl groups is 3. The van der Waals surface area contributed by atoms with Crippen molar-refractivity contribution in [3.63, 3.8) is 0 Å². The first-order valence-electron chi connectivity index (χ1n) is 16.0. The van der Waals surface area contributed by atoms with E-state index in [1.165, 1.54) is 45.6 Å². The number of nitrogens with zero attached hydrogens (tertiary/aromatic N) is 1. The summed E-state index contributed by atoms with van der Waals surface area (Å²) in [6, 6.07) is 2.83. The van der Waals surface area contributed by atoms with Gasteiger partial charge in [-0.1, -0.05) is 58.3 Å². The van der Waals surface area contributed by atoms with E-state index in [0.29, 0.717) is 45.1 Å². The number of ether oxygens (including phenoxy) is 2. The van der Waals surface area contributed by atoms with Crippen LogP contribution in [0, 0.1) is 9.49 Å². The molecule has 3 atom stereocenters. The monoisotopic (exact) mass is 714 g/mol. The number of nitrogens with one attached hydrogen (secondary N) is 1. The third kappa shape index (κ3) is 11.2. The van der Waals surface area contributed by atoms with Gasteiger partial charge in [0.25, 0.3) is 0 Å². The molecule has 1 aromatic carbocycles. The topological polar surface area (TPSA) is 129 Å². The number of carbonyl (C=O) groups excluding carboxylic acids is 2. The Kier molecular flexibility index (Phi) is 15.6. The summed E-state index contributed by atoms with van der Waals surface area (Å²) in [5.41, 5.74) is 1.07. The molecule has 3 rings (SSSR count). The van der Waals surface area contributed by atoms with E-state index >= 15 is 0 Å². The predicted molar refractivity (Wildman–Crippen MR) is 175 cm³/mol. The van der Waals surface area contributed by atoms with Crippen LogP contribution >= 0.6 is 22.6 Å². The Morgan fingerprint density at radius 2 is 1.72 bits per heavy atom. The van der Waals surface area contributed by atoms with Crippen molar-refractivity contribution in [2.24, 2.45) is 5.92 Å². The zero-order chi connectivity index (χ0) is 31.2. The van der Waals surface area contributed by atoms with Crippen molar-refractivity contribution < 1.29 is 34.4 Å². The highest BCUT2D eigenvalue weighted by molar-refractivity contribution is 14.1. The highest BCUT2D eigenvalue weighted by atomic mass is 127. The molecule has 9 nitrogen and oxygen atoms in total. The number of aliphatic hydroxyl groups excluding tert-OH is 3. The molecule has 0 unspecified atom stereocenters. The van der Waals surface area contributed by atoms with Crippen LogP contribution in [0.4, 0.5) is 0 Å². The van der Waals surface area contributed by atoms with E-state index < -0.39 is 18.2 Å². The predicted octanol–water partition coefficient (Wildman–Crippen LogP) is 4.87. The molecule has 1 fully saturated rings. The van der Waals surface area contributed by atoms with Gasteiger partial charge in [-0.25, -0.2) is 0 Å². The third-order valence-corrected chi connectivity index (χ3v) is 9.11. The highest BCUT2D eigenvalue weighted by Gasteiger charge is 2.42. The second-order valence-electron chi connectivity index (χ2n) is 11.9. The molecule has 10 heteroatoms. The molecule has 0 aromatic heterocycles. The van der Waals surface area contributed by atoms with Gasteiger partial charge in [0.2, 0.25) is 11.8 Å². The number of carbonyl (C=O) groups is 2. The number of halogens is 1. The maximum Gasteiger partial charge on any atom is 0.247 e. The Morgan fingerprint density at radius 1 is 1.05 bits per heavy atom. The fraction of sp³-hybridized carbons (Fsp3) is 0.697. The molecule has 2 amide bonds. The molecule has 0 bridgehead atoms. The lowest BCUT2D eigenvalue weighted by molar-refractivity contribution is -0.139. The average molecular weight is 715 g/mol. The molecule has 0 radical (unpaired) electrons. The van der Waals surface area contributed by atoms with Gasteiger partial charge in [0, 0.05) is 31.5 Å². The van der Waals surface area contributed by atoms with Gasteiger partial charge in [0.1, 0.15) is 12.2 Å². The Hall–Kier alpha value is -1.89. The van der Waals surface area contributed by atoms with Crippen LogP contribution < -0.4 is 14.8 Å². The number of hydrogen-bond acceptors (Lipinski definition) is 7. The average Bonchev–Trinajstić information content (AvgIpc) is 3.83. The molecule has 0 aliphatic heterocycles. The summed E-state index contributed by atoms with van der Waals surface area (Å²) in [6.07, 6.45) is 12.9. The van der Waals surface area contributed by atoms with Crippen molar-refractivity contribution >= 4 is 34.4 Å². The number of rotatable bonds is 20. The lowest BCUT2D eigenvalue weighted by Gasteiger charge is -2.41. The molecule has 1 aromatic rings. The van der Waals surface area contributed by atoms with Crippen LogP contribution in [-0.4, -0.2) is 77.1 Å². The molecular weight excluding hydrogens is 663 g/mol. The Balaban J connectivity index is 1.76. The molecule has 2 aliphatic rings. The van der Waals surface area contributed by atoms with E-state index in [9.17, 15) is 24.9 Å². The van der Waals surface area contributed by atoms with E-state index in [4.69, 9.17) is 9.47 Å². The van der Waals surface area contributed by atoms with Gasteiger partial charge in [-0.05, 0) is 71.5 Å². The first-order chi connectivity index (χ1) is 20.8. The molecular formula is C33H51IN2O7. The molecule has 0 saturated heterocycles. The van der Waals surface area contributed by atoms with Crippen molar-refractivity contribution in [2.75, 3.05) is 26.8 Å². The van der Waals surface area contributed by atoms with E-state index in [2.05, 4.69) is 34.8 Å². The van der Waals surface area contributed by atoms with Gasteiger partial charge in [0.05, 0.1) is 29.9 Å². The Bertz CT molecular complexity index is 1060. The van der Waals surface area contributed by atoms with Crippen LogP contribution in [0.2, 0.25) is 0 Å². The minimum Gasteiger partial charge on any atom is -0.493 e. The van der Waals surface area contributed by atoms with Crippen LogP contribution in [-0.2, 0) is 16.2 Å². The first-order valence-corrected chi connectivity index (χ1v) is 17.1. The SMILES string of the molecule is CCCCCCCCCCCC(=O)N(CC1CC1)[C@@H]1CC(C(=O)NCCO)=C[C@H](Oc2c(I)cc(CO)cc2OC)[C@H]1O. The molecule has 4 N–H and O–H groups in total. The number of amides is 2. The maximum atomic E-state index is 13.7. The summed E-state index contributed by atoms with van der Waals surface area (Å²) < 4.78 is 12.6. The summed E-state index contributed by atoms with van der Waals surface area (Å²) in [6.45, 7) is 2.53. The third-order valence-electron chi connectivity index (χ3n) is 8.31. The fourth-order valence-corrected chi connectivity index (χ4v) is 6.42. The van der Waals surface area contributed by atoms with Crippen molar-refractivity contribution in [3.8, 4) is 11.5 Å². The number of hydrogen-bond donors (Lipinski definition) is 4. The van der Waals surface area contributed by atoms with Crippen LogP contribution in [0.5, 0.6) is 11.5 Å². The van der Waals surface area contributed by atoms with Gasteiger partial charge in [-0.3, -0.25) is 9.59 Å². The normalized spacial score (nSPS) is 20.0. The second kappa shape index (κ2) is 18.8. The van der Waals surface area contributed by atoms with Gasteiger partial charge >= 0.3 is 0 Å². The lowest BCUT2D eigenvalue weighted by Crippen LogP contribution is -2.55. The standard InChI is InChI=1S/C33H51IN2O7/c1-3-4-5-6-7-8-9-10-11-12-30(39)36(21-23-13-14-23)27-19-25(33(41)35-15-16-37)20-28(31(27)40)43-32-26(34)17-24(22-38)18-29(32)42-2/h17-18,20,23,27-28,31,37-38,40H,3-16,19,21-22H2,1-2H3,(H,35,41)/t27-,28+,31+/m1/s1. The van der Waals surface area contributed by atoms with Crippen molar-refractivity contribution in [3.05, 3.63) is 32.9 Å². The molecule has 43 heavy (non-hydrogen) atoms. The zero-order valence-electron chi connectivity index (χ0n) is 25.9. The number of unbranched alkanes of at least 4 members (excludes halogenated alkanes) is 8. The second-order valence-corrected chi connectivity index (χ2v) is 13.0. The Labute approximate surface area is 270 Å². The summed E-state index contributed by atoms with van der Waals surface area (Å²) in [7, 11) is 1.51. The quantitative estimate of drug-likeness (QED) is 0.112. The molecule has 0 spiro atoms. The lowest BCUT2D eigenvalue weighted by atomic mass is 9.87. The van der Waals surface area contributed by atoms with Crippen LogP contribution in [0.3, 0.4) is 0 Å². The van der Waals surface area contributed by atoms with E-state index in [-0.39, 0.29) is 38.0 Å². The largest absolute Gasteiger partial charge is 0.493 e. The van der Waals surface area contributed by atoms with Crippen LogP contribution in [0.1, 0.15) is 96.0 Å². The zero-order valence-corrected chi connectivity index (χ0v) is 28.0.